The van der Waals surface area contributed by atoms with Crippen LogP contribution in [0.4, 0.5) is 0 Å². The van der Waals surface area contributed by atoms with E-state index in [0.29, 0.717) is 24.8 Å². The minimum absolute atomic E-state index is 0.0336. The highest BCUT2D eigenvalue weighted by atomic mass is 16.5. The topological polar surface area (TPSA) is 55.4 Å². The summed E-state index contributed by atoms with van der Waals surface area (Å²) in [5, 5.41) is 2.54. The summed E-state index contributed by atoms with van der Waals surface area (Å²) in [5.41, 5.74) is 1.61. The Hall–Kier alpha value is -1.84. The lowest BCUT2D eigenvalue weighted by Gasteiger charge is -2.06. The summed E-state index contributed by atoms with van der Waals surface area (Å²) in [6.07, 6.45) is 1.35. The fraction of sp³-hybridized carbons (Fsp3) is 0.429. The molecule has 1 N–H and O–H groups in total. The van der Waals surface area contributed by atoms with Crippen molar-refractivity contribution in [3.63, 3.8) is 0 Å². The van der Waals surface area contributed by atoms with Gasteiger partial charge >= 0.3 is 0 Å². The number of nitrogens with one attached hydrogen (secondary N) is 1. The Balaban J connectivity index is 2.56. The molecule has 1 aromatic rings. The third-order valence-corrected chi connectivity index (χ3v) is 2.80. The first-order chi connectivity index (χ1) is 8.58. The van der Waals surface area contributed by atoms with Gasteiger partial charge in [-0.25, -0.2) is 0 Å². The third kappa shape index (κ3) is 3.87. The second kappa shape index (κ2) is 6.79. The van der Waals surface area contributed by atoms with Gasteiger partial charge in [0.2, 0.25) is 5.91 Å². The lowest BCUT2D eigenvalue weighted by Crippen LogP contribution is -2.17. The third-order valence-electron chi connectivity index (χ3n) is 2.80. The molecule has 0 aromatic heterocycles. The summed E-state index contributed by atoms with van der Waals surface area (Å²) in [6, 6.07) is 5.37. The molecule has 0 heterocycles. The first kappa shape index (κ1) is 14.2. The molecule has 18 heavy (non-hydrogen) atoms. The van der Waals surface area contributed by atoms with Crippen molar-refractivity contribution in [3.8, 4) is 5.75 Å². The number of hydrogen-bond donors (Lipinski definition) is 1. The van der Waals surface area contributed by atoms with Crippen LogP contribution in [0.3, 0.4) is 0 Å². The molecule has 1 aromatic carbocycles. The van der Waals surface area contributed by atoms with Crippen LogP contribution in [-0.4, -0.2) is 25.8 Å². The molecule has 0 fully saturated rings. The van der Waals surface area contributed by atoms with E-state index in [0.717, 1.165) is 11.3 Å². The number of carbonyl (C=O) groups is 2. The Bertz CT molecular complexity index is 441. The zero-order valence-electron chi connectivity index (χ0n) is 11.1. The summed E-state index contributed by atoms with van der Waals surface area (Å²) in [7, 11) is 3.20. The summed E-state index contributed by atoms with van der Waals surface area (Å²) < 4.78 is 5.14. The number of ketones is 1. The van der Waals surface area contributed by atoms with Crippen LogP contribution >= 0.6 is 0 Å². The van der Waals surface area contributed by atoms with Crippen molar-refractivity contribution in [1.29, 1.82) is 0 Å². The van der Waals surface area contributed by atoms with Crippen LogP contribution in [0.15, 0.2) is 18.2 Å². The smallest absolute Gasteiger partial charge is 0.219 e. The number of carbonyl (C=O) groups excluding carboxylic acids is 2. The van der Waals surface area contributed by atoms with Gasteiger partial charge in [0, 0.05) is 25.5 Å². The molecule has 0 unspecified atom stereocenters. The second-order valence-electron chi connectivity index (χ2n) is 4.13. The predicted octanol–water partition coefficient (Wildman–Crippen LogP) is 2.10. The van der Waals surface area contributed by atoms with Crippen LogP contribution in [0.25, 0.3) is 0 Å². The Labute approximate surface area is 107 Å². The van der Waals surface area contributed by atoms with Gasteiger partial charge in [-0.1, -0.05) is 0 Å². The van der Waals surface area contributed by atoms with E-state index in [9.17, 15) is 9.59 Å². The van der Waals surface area contributed by atoms with Crippen molar-refractivity contribution >= 4 is 11.7 Å². The molecule has 1 rings (SSSR count). The Kier molecular flexibility index (Phi) is 5.36. The number of ether oxygens (including phenoxy) is 1. The highest BCUT2D eigenvalue weighted by Gasteiger charge is 2.09. The summed E-state index contributed by atoms with van der Waals surface area (Å²) in [4.78, 5) is 22.9. The average Bonchev–Trinajstić information content (AvgIpc) is 2.38. The highest BCUT2D eigenvalue weighted by Crippen LogP contribution is 2.19. The van der Waals surface area contributed by atoms with Crippen molar-refractivity contribution in [2.45, 2.75) is 26.2 Å². The molecule has 0 spiro atoms. The van der Waals surface area contributed by atoms with Crippen LogP contribution in [0.2, 0.25) is 0 Å². The predicted molar refractivity (Wildman–Crippen MR) is 70.0 cm³/mol. The van der Waals surface area contributed by atoms with Crippen molar-refractivity contribution in [2.24, 2.45) is 0 Å². The van der Waals surface area contributed by atoms with Gasteiger partial charge in [0.05, 0.1) is 7.11 Å². The number of benzene rings is 1. The number of Topliss-reactive ketones (excluding diaryl/α,β-unsaturated/α-hetero) is 1. The molecule has 0 radical (unpaired) electrons. The van der Waals surface area contributed by atoms with Gasteiger partial charge < -0.3 is 10.1 Å². The Morgan fingerprint density at radius 3 is 2.56 bits per heavy atom. The largest absolute Gasteiger partial charge is 0.496 e. The molecular weight excluding hydrogens is 230 g/mol. The lowest BCUT2D eigenvalue weighted by atomic mass is 10.0. The number of hydrogen-bond acceptors (Lipinski definition) is 3. The van der Waals surface area contributed by atoms with Gasteiger partial charge in [0.15, 0.2) is 5.78 Å². The molecule has 1 amide bonds. The quantitative estimate of drug-likeness (QED) is 0.785. The standard InChI is InChI=1S/C14H19NO3/c1-10-9-11(7-8-13(10)18-3)12(16)5-4-6-14(17)15-2/h7-9H,4-6H2,1-3H3,(H,15,17). The molecule has 98 valence electrons. The molecule has 4 heteroatoms. The molecule has 0 aliphatic rings. The number of methoxy groups -OCH3 is 1. The van der Waals surface area contributed by atoms with E-state index in [-0.39, 0.29) is 11.7 Å². The first-order valence-electron chi connectivity index (χ1n) is 5.97. The maximum absolute atomic E-state index is 11.9. The van der Waals surface area contributed by atoms with E-state index in [1.807, 2.05) is 13.0 Å². The van der Waals surface area contributed by atoms with Crippen LogP contribution in [0, 0.1) is 6.92 Å². The molecular formula is C14H19NO3. The van der Waals surface area contributed by atoms with Gasteiger partial charge in [0.25, 0.3) is 0 Å². The molecule has 0 bridgehead atoms. The summed E-state index contributed by atoms with van der Waals surface area (Å²) in [6.45, 7) is 1.90. The van der Waals surface area contributed by atoms with Crippen molar-refractivity contribution in [2.75, 3.05) is 14.2 Å². The van der Waals surface area contributed by atoms with E-state index in [1.54, 1.807) is 26.3 Å². The summed E-state index contributed by atoms with van der Waals surface area (Å²) in [5.74, 6) is 0.801. The summed E-state index contributed by atoms with van der Waals surface area (Å²) >= 11 is 0. The Morgan fingerprint density at radius 1 is 1.28 bits per heavy atom. The van der Waals surface area contributed by atoms with Crippen LogP contribution < -0.4 is 10.1 Å². The van der Waals surface area contributed by atoms with Crippen LogP contribution in [0.1, 0.15) is 35.2 Å². The zero-order chi connectivity index (χ0) is 13.5. The van der Waals surface area contributed by atoms with Gasteiger partial charge in [0.1, 0.15) is 5.75 Å². The van der Waals surface area contributed by atoms with Gasteiger partial charge in [-0.3, -0.25) is 9.59 Å². The van der Waals surface area contributed by atoms with Gasteiger partial charge in [-0.2, -0.15) is 0 Å². The molecule has 0 atom stereocenters. The molecule has 0 saturated heterocycles. The fourth-order valence-corrected chi connectivity index (χ4v) is 1.73. The molecule has 0 aliphatic carbocycles. The lowest BCUT2D eigenvalue weighted by molar-refractivity contribution is -0.120. The molecule has 4 nitrogen and oxygen atoms in total. The fourth-order valence-electron chi connectivity index (χ4n) is 1.73. The van der Waals surface area contributed by atoms with Gasteiger partial charge in [-0.05, 0) is 37.1 Å². The van der Waals surface area contributed by atoms with Crippen molar-refractivity contribution in [1.82, 2.24) is 5.32 Å². The number of rotatable bonds is 6. The molecule has 0 aliphatic heterocycles. The SMILES string of the molecule is CNC(=O)CCCC(=O)c1ccc(OC)c(C)c1. The minimum Gasteiger partial charge on any atom is -0.496 e. The maximum atomic E-state index is 11.9. The van der Waals surface area contributed by atoms with Crippen LogP contribution in [0.5, 0.6) is 5.75 Å². The minimum atomic E-state index is -0.0336. The van der Waals surface area contributed by atoms with E-state index < -0.39 is 0 Å². The average molecular weight is 249 g/mol. The van der Waals surface area contributed by atoms with Crippen molar-refractivity contribution in [3.05, 3.63) is 29.3 Å². The normalized spacial score (nSPS) is 9.94. The van der Waals surface area contributed by atoms with Crippen LogP contribution in [-0.2, 0) is 4.79 Å². The molecule has 0 saturated carbocycles. The van der Waals surface area contributed by atoms with E-state index >= 15 is 0 Å². The number of amides is 1. The van der Waals surface area contributed by atoms with E-state index in [2.05, 4.69) is 5.32 Å². The van der Waals surface area contributed by atoms with Crippen molar-refractivity contribution < 1.29 is 14.3 Å². The second-order valence-corrected chi connectivity index (χ2v) is 4.13. The monoisotopic (exact) mass is 249 g/mol. The van der Waals surface area contributed by atoms with E-state index in [1.165, 1.54) is 0 Å². The van der Waals surface area contributed by atoms with E-state index in [4.69, 9.17) is 4.74 Å². The zero-order valence-corrected chi connectivity index (χ0v) is 11.1. The number of aryl methyl sites for hydroxylation is 1. The highest BCUT2D eigenvalue weighted by molar-refractivity contribution is 5.96. The Morgan fingerprint density at radius 2 is 2.00 bits per heavy atom. The van der Waals surface area contributed by atoms with Gasteiger partial charge in [-0.15, -0.1) is 0 Å². The first-order valence-corrected chi connectivity index (χ1v) is 5.97. The maximum Gasteiger partial charge on any atom is 0.219 e.